The van der Waals surface area contributed by atoms with Crippen LogP contribution in [-0.4, -0.2) is 31.5 Å². The van der Waals surface area contributed by atoms with Crippen LogP contribution in [-0.2, 0) is 57.8 Å². The smallest absolute Gasteiger partial charge is 0.411 e. The Morgan fingerprint density at radius 2 is 0.949 bits per heavy atom. The van der Waals surface area contributed by atoms with Crippen LogP contribution in [0.5, 0.6) is 0 Å². The molecule has 39 heavy (non-hydrogen) atoms. The zero-order chi connectivity index (χ0) is 27.3. The molecule has 2 nitrogen and oxygen atoms in total. The van der Waals surface area contributed by atoms with Crippen LogP contribution >= 0.6 is 24.4 Å². The molecule has 200 valence electrons. The fraction of sp³-hybridized carbons (Fsp3) is 0.312. The summed E-state index contributed by atoms with van der Waals surface area (Å²) in [6.45, 7) is 7.89. The average molecular weight is 642 g/mol. The van der Waals surface area contributed by atoms with Gasteiger partial charge in [-0.25, -0.2) is 0 Å². The van der Waals surface area contributed by atoms with Gasteiger partial charge >= 0.3 is 19.5 Å². The minimum absolute atomic E-state index is 0. The van der Waals surface area contributed by atoms with Gasteiger partial charge in [0.1, 0.15) is 0 Å². The van der Waals surface area contributed by atoms with Gasteiger partial charge in [0.15, 0.2) is 0 Å². The summed E-state index contributed by atoms with van der Waals surface area (Å²) in [5, 5.41) is 5.08. The number of hydrogen-bond donors (Lipinski definition) is 0. The number of rotatable bonds is 10. The molecule has 0 aliphatic heterocycles. The first-order valence-corrected chi connectivity index (χ1v) is 14.9. The van der Waals surface area contributed by atoms with Gasteiger partial charge in [0, 0.05) is 26.2 Å². The molecule has 0 aromatic heterocycles. The van der Waals surface area contributed by atoms with E-state index in [0.717, 1.165) is 51.9 Å². The van der Waals surface area contributed by atoms with Gasteiger partial charge in [-0.2, -0.15) is 0 Å². The summed E-state index contributed by atoms with van der Waals surface area (Å²) >= 11 is 20.7. The summed E-state index contributed by atoms with van der Waals surface area (Å²) in [7, 11) is 0. The molecule has 0 unspecified atom stereocenters. The molecule has 0 atom stereocenters. The minimum Gasteiger partial charge on any atom is -0.411 e. The van der Waals surface area contributed by atoms with Crippen LogP contribution in [0.4, 0.5) is 0 Å². The van der Waals surface area contributed by atoms with Crippen molar-refractivity contribution in [2.45, 2.75) is 52.6 Å². The third-order valence-electron chi connectivity index (χ3n) is 6.45. The second kappa shape index (κ2) is 17.8. The van der Waals surface area contributed by atoms with Crippen LogP contribution in [0.1, 0.15) is 50.7 Å². The van der Waals surface area contributed by atoms with E-state index in [9.17, 15) is 0 Å². The SMILES string of the molecule is CCCCN(Cc1ccc2ccccc2c1)C(=S)[S-].CCCCN(Cc1ccc2ccccc2c1)C(=S)[S-].[Zn+2]. The summed E-state index contributed by atoms with van der Waals surface area (Å²) < 4.78 is 1.14. The predicted octanol–water partition coefficient (Wildman–Crippen LogP) is 8.54. The zero-order valence-electron chi connectivity index (χ0n) is 23.0. The second-order valence-electron chi connectivity index (χ2n) is 9.45. The van der Waals surface area contributed by atoms with Crippen molar-refractivity contribution in [2.75, 3.05) is 13.1 Å². The van der Waals surface area contributed by atoms with Crippen molar-refractivity contribution in [3.05, 3.63) is 96.1 Å². The molecule has 7 heteroatoms. The number of hydrogen-bond acceptors (Lipinski definition) is 4. The molecule has 4 aromatic rings. The minimum atomic E-state index is 0. The Balaban J connectivity index is 0.000000267. The first-order chi connectivity index (χ1) is 18.4. The van der Waals surface area contributed by atoms with Crippen LogP contribution in [0.15, 0.2) is 84.9 Å². The van der Waals surface area contributed by atoms with Gasteiger partial charge in [0.2, 0.25) is 0 Å². The van der Waals surface area contributed by atoms with Gasteiger partial charge in [0.05, 0.1) is 0 Å². The van der Waals surface area contributed by atoms with Gasteiger partial charge in [-0.1, -0.05) is 108 Å². The largest absolute Gasteiger partial charge is 2.00 e. The zero-order valence-corrected chi connectivity index (χ0v) is 29.2. The third-order valence-corrected chi connectivity index (χ3v) is 7.49. The summed E-state index contributed by atoms with van der Waals surface area (Å²) in [6.07, 6.45) is 4.58. The van der Waals surface area contributed by atoms with Crippen molar-refractivity contribution in [1.82, 2.24) is 9.80 Å². The number of thiocarbonyl (C=S) groups is 2. The molecule has 0 saturated carbocycles. The Bertz CT molecular complexity index is 1240. The van der Waals surface area contributed by atoms with Crippen molar-refractivity contribution in [3.8, 4) is 0 Å². The molecule has 0 amide bonds. The van der Waals surface area contributed by atoms with E-state index in [4.69, 9.17) is 49.7 Å². The van der Waals surface area contributed by atoms with Crippen LogP contribution < -0.4 is 0 Å². The van der Waals surface area contributed by atoms with E-state index >= 15 is 0 Å². The second-order valence-corrected chi connectivity index (χ2v) is 11.5. The molecular formula is C32H36N2S4Zn. The van der Waals surface area contributed by atoms with E-state index < -0.39 is 0 Å². The molecule has 0 radical (unpaired) electrons. The molecular weight excluding hydrogens is 606 g/mol. The van der Waals surface area contributed by atoms with Crippen molar-refractivity contribution in [1.29, 1.82) is 0 Å². The Hall–Kier alpha value is -1.76. The van der Waals surface area contributed by atoms with E-state index in [-0.39, 0.29) is 19.5 Å². The van der Waals surface area contributed by atoms with Crippen LogP contribution in [0.2, 0.25) is 0 Å². The van der Waals surface area contributed by atoms with Gasteiger partial charge in [-0.3, -0.25) is 0 Å². The van der Waals surface area contributed by atoms with E-state index in [2.05, 4.69) is 109 Å². The molecule has 4 aromatic carbocycles. The standard InChI is InChI=1S/2C16H19NS2.Zn/c2*1-2-3-10-17(16(18)19)12-13-8-9-14-6-4-5-7-15(14)11-13;/h2*4-9,11H,2-3,10,12H2,1H3,(H,18,19);/q;;+2/p-2. The maximum absolute atomic E-state index is 5.17. The van der Waals surface area contributed by atoms with Crippen molar-refractivity contribution in [2.24, 2.45) is 0 Å². The summed E-state index contributed by atoms with van der Waals surface area (Å²) in [6, 6.07) is 29.9. The van der Waals surface area contributed by atoms with Gasteiger partial charge in [-0.15, -0.1) is 0 Å². The fourth-order valence-electron chi connectivity index (χ4n) is 4.28. The number of benzene rings is 4. The van der Waals surface area contributed by atoms with E-state index in [1.165, 1.54) is 32.7 Å². The molecule has 0 N–H and O–H groups in total. The fourth-order valence-corrected chi connectivity index (χ4v) is 4.91. The Kier molecular flexibility index (Phi) is 15.3. The molecule has 0 heterocycles. The van der Waals surface area contributed by atoms with Crippen LogP contribution in [0, 0.1) is 0 Å². The van der Waals surface area contributed by atoms with E-state index in [1.807, 2.05) is 0 Å². The van der Waals surface area contributed by atoms with E-state index in [0.29, 0.717) is 8.64 Å². The molecule has 0 aliphatic carbocycles. The summed E-state index contributed by atoms with van der Waals surface area (Å²) in [5.74, 6) is 0. The number of unbranched alkanes of at least 4 members (excludes halogenated alkanes) is 2. The Labute approximate surface area is 269 Å². The van der Waals surface area contributed by atoms with Crippen molar-refractivity contribution < 1.29 is 19.5 Å². The van der Waals surface area contributed by atoms with Gasteiger partial charge in [-0.05, 0) is 57.6 Å². The van der Waals surface area contributed by atoms with Crippen molar-refractivity contribution in [3.63, 3.8) is 0 Å². The Morgan fingerprint density at radius 1 is 0.590 bits per heavy atom. The molecule has 0 aliphatic rings. The van der Waals surface area contributed by atoms with Crippen LogP contribution in [0.3, 0.4) is 0 Å². The summed E-state index contributed by atoms with van der Waals surface area (Å²) in [5.41, 5.74) is 2.53. The van der Waals surface area contributed by atoms with Gasteiger partial charge in [0.25, 0.3) is 0 Å². The maximum Gasteiger partial charge on any atom is 2.00 e. The first kappa shape index (κ1) is 33.4. The van der Waals surface area contributed by atoms with Gasteiger partial charge < -0.3 is 59.5 Å². The van der Waals surface area contributed by atoms with Crippen LogP contribution in [0.25, 0.3) is 21.5 Å². The number of nitrogens with zero attached hydrogens (tertiary/aromatic N) is 2. The quantitative estimate of drug-likeness (QED) is 0.0966. The average Bonchev–Trinajstić information content (AvgIpc) is 2.93. The predicted molar refractivity (Wildman–Crippen MR) is 178 cm³/mol. The molecule has 0 saturated heterocycles. The topological polar surface area (TPSA) is 6.48 Å². The monoisotopic (exact) mass is 640 g/mol. The molecule has 0 bridgehead atoms. The molecule has 0 fully saturated rings. The normalized spacial score (nSPS) is 10.3. The molecule has 4 rings (SSSR count). The Morgan fingerprint density at radius 3 is 1.28 bits per heavy atom. The number of fused-ring (bicyclic) bond motifs is 2. The van der Waals surface area contributed by atoms with E-state index in [1.54, 1.807) is 0 Å². The first-order valence-electron chi connectivity index (χ1n) is 13.3. The third kappa shape index (κ3) is 11.0. The molecule has 0 spiro atoms. The maximum atomic E-state index is 5.17. The summed E-state index contributed by atoms with van der Waals surface area (Å²) in [4.78, 5) is 4.22. The van der Waals surface area contributed by atoms with Crippen molar-refractivity contribution >= 4 is 79.9 Å².